The summed E-state index contributed by atoms with van der Waals surface area (Å²) >= 11 is 0. The number of benzene rings is 2. The number of carbonyl (C=O) groups excluding carboxylic acids is 2. The number of para-hydroxylation sites is 2. The normalized spacial score (nSPS) is 16.8. The lowest BCUT2D eigenvalue weighted by Gasteiger charge is -2.12. The number of hydrogen-bond acceptors (Lipinski definition) is 5. The van der Waals surface area contributed by atoms with Crippen molar-refractivity contribution in [1.29, 1.82) is 0 Å². The number of carbonyl (C=O) groups is 2. The first-order chi connectivity index (χ1) is 11.1. The summed E-state index contributed by atoms with van der Waals surface area (Å²) in [5.74, 6) is -1.73. The Morgan fingerprint density at radius 1 is 1.17 bits per heavy atom. The van der Waals surface area contributed by atoms with Crippen LogP contribution in [0.4, 0.5) is 5.69 Å². The van der Waals surface area contributed by atoms with Gasteiger partial charge in [0.2, 0.25) is 0 Å². The van der Waals surface area contributed by atoms with Gasteiger partial charge in [-0.15, -0.1) is 5.11 Å². The molecule has 0 radical (unpaired) electrons. The molecular formula is C16H12N3O4-. The minimum absolute atomic E-state index is 0.103. The van der Waals surface area contributed by atoms with Crippen LogP contribution in [0.2, 0.25) is 0 Å². The molecule has 0 spiro atoms. The van der Waals surface area contributed by atoms with E-state index in [1.54, 1.807) is 30.3 Å². The highest BCUT2D eigenvalue weighted by Gasteiger charge is 2.37. The molecule has 0 aliphatic carbocycles. The number of anilines is 1. The van der Waals surface area contributed by atoms with Crippen LogP contribution in [0, 0.1) is 0 Å². The van der Waals surface area contributed by atoms with E-state index in [4.69, 9.17) is 0 Å². The molecule has 1 unspecified atom stereocenters. The van der Waals surface area contributed by atoms with Crippen molar-refractivity contribution in [2.24, 2.45) is 10.2 Å². The van der Waals surface area contributed by atoms with Gasteiger partial charge in [0.15, 0.2) is 6.04 Å². The molecule has 1 aliphatic rings. The Balaban J connectivity index is 1.90. The largest absolute Gasteiger partial charge is 0.872 e. The maximum absolute atomic E-state index is 12.2. The highest BCUT2D eigenvalue weighted by Crippen LogP contribution is 2.37. The van der Waals surface area contributed by atoms with Crippen molar-refractivity contribution in [3.8, 4) is 5.75 Å². The molecule has 23 heavy (non-hydrogen) atoms. The molecule has 0 aromatic heterocycles. The van der Waals surface area contributed by atoms with E-state index in [-0.39, 0.29) is 5.56 Å². The third-order valence-corrected chi connectivity index (χ3v) is 3.55. The minimum Gasteiger partial charge on any atom is -0.872 e. The molecule has 116 valence electrons. The number of nitrogens with zero attached hydrogens (tertiary/aromatic N) is 3. The standard InChI is InChI=1S/C16H13N3O4/c20-9-19-12-7-3-1-5-10(12)14(16(19)23)17-18-15(22)11-6-2-4-8-13(11)21/h1-8,14,20-21H,9H2/p-1. The maximum Gasteiger partial charge on any atom is 0.294 e. The molecule has 1 atom stereocenters. The summed E-state index contributed by atoms with van der Waals surface area (Å²) in [5.41, 5.74) is 0.980. The van der Waals surface area contributed by atoms with Crippen LogP contribution in [0.1, 0.15) is 22.0 Å². The number of aliphatic hydroxyl groups excluding tert-OH is 1. The topological polar surface area (TPSA) is 105 Å². The summed E-state index contributed by atoms with van der Waals surface area (Å²) in [6.45, 7) is -0.487. The van der Waals surface area contributed by atoms with Crippen LogP contribution in [0.5, 0.6) is 5.75 Å². The SMILES string of the molecule is O=C(N=NC1C(=O)N(CO)c2ccccc21)c1ccccc1[O-]. The van der Waals surface area contributed by atoms with Crippen LogP contribution in [0.15, 0.2) is 58.8 Å². The first kappa shape index (κ1) is 14.9. The molecule has 0 fully saturated rings. The van der Waals surface area contributed by atoms with Gasteiger partial charge in [-0.05, 0) is 12.1 Å². The van der Waals surface area contributed by atoms with Crippen molar-refractivity contribution in [2.45, 2.75) is 6.04 Å². The van der Waals surface area contributed by atoms with E-state index in [2.05, 4.69) is 10.2 Å². The van der Waals surface area contributed by atoms with Crippen molar-refractivity contribution in [3.63, 3.8) is 0 Å². The van der Waals surface area contributed by atoms with Gasteiger partial charge in [0, 0.05) is 11.1 Å². The predicted molar refractivity (Wildman–Crippen MR) is 78.8 cm³/mol. The summed E-state index contributed by atoms with van der Waals surface area (Å²) in [6, 6.07) is 11.5. The van der Waals surface area contributed by atoms with E-state index in [0.29, 0.717) is 11.3 Å². The number of fused-ring (bicyclic) bond motifs is 1. The fraction of sp³-hybridized carbons (Fsp3) is 0.125. The molecule has 0 saturated carbocycles. The summed E-state index contributed by atoms with van der Waals surface area (Å²) < 4.78 is 0. The lowest BCUT2D eigenvalue weighted by molar-refractivity contribution is -0.268. The fourth-order valence-electron chi connectivity index (χ4n) is 2.43. The van der Waals surface area contributed by atoms with Gasteiger partial charge < -0.3 is 10.2 Å². The summed E-state index contributed by atoms with van der Waals surface area (Å²) in [5, 5.41) is 28.2. The van der Waals surface area contributed by atoms with Crippen LogP contribution in [-0.2, 0) is 4.79 Å². The average molecular weight is 310 g/mol. The molecule has 1 heterocycles. The monoisotopic (exact) mass is 310 g/mol. The summed E-state index contributed by atoms with van der Waals surface area (Å²) in [4.78, 5) is 25.4. The molecule has 3 rings (SSSR count). The van der Waals surface area contributed by atoms with E-state index in [1.807, 2.05) is 0 Å². The van der Waals surface area contributed by atoms with Gasteiger partial charge in [-0.2, -0.15) is 5.11 Å². The lowest BCUT2D eigenvalue weighted by Crippen LogP contribution is -2.29. The zero-order valence-electron chi connectivity index (χ0n) is 11.9. The highest BCUT2D eigenvalue weighted by molar-refractivity contribution is 6.04. The molecule has 0 bridgehead atoms. The summed E-state index contributed by atoms with van der Waals surface area (Å²) in [7, 11) is 0. The van der Waals surface area contributed by atoms with E-state index in [0.717, 1.165) is 4.90 Å². The predicted octanol–water partition coefficient (Wildman–Crippen LogP) is 1.39. The first-order valence-electron chi connectivity index (χ1n) is 6.86. The number of azo groups is 1. The molecule has 0 saturated heterocycles. The van der Waals surface area contributed by atoms with Gasteiger partial charge in [-0.3, -0.25) is 14.5 Å². The third-order valence-electron chi connectivity index (χ3n) is 3.55. The van der Waals surface area contributed by atoms with Gasteiger partial charge in [0.05, 0.1) is 5.69 Å². The van der Waals surface area contributed by atoms with Crippen molar-refractivity contribution >= 4 is 17.5 Å². The van der Waals surface area contributed by atoms with Crippen LogP contribution in [0.25, 0.3) is 0 Å². The number of amides is 2. The molecule has 1 aliphatic heterocycles. The second-order valence-electron chi connectivity index (χ2n) is 4.89. The van der Waals surface area contributed by atoms with Crippen molar-refractivity contribution in [2.75, 3.05) is 11.6 Å². The Morgan fingerprint density at radius 3 is 2.61 bits per heavy atom. The van der Waals surface area contributed by atoms with Gasteiger partial charge >= 0.3 is 0 Å². The van der Waals surface area contributed by atoms with E-state index in [9.17, 15) is 19.8 Å². The Kier molecular flexibility index (Phi) is 3.86. The minimum atomic E-state index is -0.999. The van der Waals surface area contributed by atoms with Gasteiger partial charge in [-0.1, -0.05) is 42.1 Å². The van der Waals surface area contributed by atoms with Gasteiger partial charge in [0.1, 0.15) is 6.73 Å². The molecule has 1 N–H and O–H groups in total. The molecule has 7 nitrogen and oxygen atoms in total. The van der Waals surface area contributed by atoms with Crippen LogP contribution >= 0.6 is 0 Å². The van der Waals surface area contributed by atoms with Gasteiger partial charge in [0.25, 0.3) is 11.8 Å². The molecule has 2 amide bonds. The lowest BCUT2D eigenvalue weighted by atomic mass is 10.1. The zero-order valence-corrected chi connectivity index (χ0v) is 11.9. The number of rotatable bonds is 3. The van der Waals surface area contributed by atoms with Gasteiger partial charge in [-0.25, -0.2) is 0 Å². The van der Waals surface area contributed by atoms with Crippen molar-refractivity contribution in [3.05, 3.63) is 59.7 Å². The Morgan fingerprint density at radius 2 is 1.87 bits per heavy atom. The molecule has 7 heteroatoms. The average Bonchev–Trinajstić information content (AvgIpc) is 2.84. The molecular weight excluding hydrogens is 298 g/mol. The van der Waals surface area contributed by atoms with Crippen LogP contribution in [-0.4, -0.2) is 23.7 Å². The zero-order chi connectivity index (χ0) is 16.4. The number of aliphatic hydroxyl groups is 1. The Labute approximate surface area is 131 Å². The maximum atomic E-state index is 12.2. The Bertz CT molecular complexity index is 803. The Hall–Kier alpha value is -3.06. The van der Waals surface area contributed by atoms with E-state index >= 15 is 0 Å². The summed E-state index contributed by atoms with van der Waals surface area (Å²) in [6.07, 6.45) is 0. The van der Waals surface area contributed by atoms with E-state index in [1.165, 1.54) is 18.2 Å². The second-order valence-corrected chi connectivity index (χ2v) is 4.89. The van der Waals surface area contributed by atoms with Crippen LogP contribution < -0.4 is 10.0 Å². The smallest absolute Gasteiger partial charge is 0.294 e. The molecule has 2 aromatic rings. The van der Waals surface area contributed by atoms with E-state index < -0.39 is 30.3 Å². The third kappa shape index (κ3) is 2.58. The first-order valence-corrected chi connectivity index (χ1v) is 6.86. The van der Waals surface area contributed by atoms with Crippen molar-refractivity contribution < 1.29 is 19.8 Å². The van der Waals surface area contributed by atoms with Crippen molar-refractivity contribution in [1.82, 2.24) is 0 Å². The number of hydrogen-bond donors (Lipinski definition) is 1. The quantitative estimate of drug-likeness (QED) is 0.865. The van der Waals surface area contributed by atoms with Crippen LogP contribution in [0.3, 0.4) is 0 Å². The second kappa shape index (κ2) is 5.98. The highest BCUT2D eigenvalue weighted by atomic mass is 16.3. The molecule has 2 aromatic carbocycles. The fourth-order valence-corrected chi connectivity index (χ4v) is 2.43.